The summed E-state index contributed by atoms with van der Waals surface area (Å²) in [5.74, 6) is 0.241. The maximum atomic E-state index is 12.1. The van der Waals surface area contributed by atoms with Gasteiger partial charge in [-0.15, -0.1) is 0 Å². The van der Waals surface area contributed by atoms with Crippen molar-refractivity contribution in [2.75, 3.05) is 46.3 Å². The van der Waals surface area contributed by atoms with E-state index in [0.717, 1.165) is 45.6 Å². The number of rotatable bonds is 4. The molecule has 1 N–H and O–H groups in total. The Kier molecular flexibility index (Phi) is 4.97. The van der Waals surface area contributed by atoms with E-state index in [1.807, 2.05) is 11.9 Å². The van der Waals surface area contributed by atoms with E-state index in [1.54, 1.807) is 0 Å². The van der Waals surface area contributed by atoms with Crippen LogP contribution in [0.1, 0.15) is 19.8 Å². The molecule has 2 saturated heterocycles. The fourth-order valence-corrected chi connectivity index (χ4v) is 2.68. The molecule has 2 aliphatic heterocycles. The van der Waals surface area contributed by atoms with Crippen LogP contribution < -0.4 is 5.32 Å². The lowest BCUT2D eigenvalue weighted by molar-refractivity contribution is -0.133. The summed E-state index contributed by atoms with van der Waals surface area (Å²) in [5.41, 5.74) is 0. The Labute approximate surface area is 109 Å². The van der Waals surface area contributed by atoms with Gasteiger partial charge in [0.25, 0.3) is 0 Å². The number of hydrogen-bond donors (Lipinski definition) is 1. The van der Waals surface area contributed by atoms with Gasteiger partial charge in [-0.1, -0.05) is 0 Å². The first-order valence-electron chi connectivity index (χ1n) is 6.97. The highest BCUT2D eigenvalue weighted by atomic mass is 16.5. The third-order valence-electron chi connectivity index (χ3n) is 3.71. The molecular weight excluding hydrogens is 230 g/mol. The molecule has 0 aromatic rings. The molecule has 0 radical (unpaired) electrons. The molecule has 0 aromatic heterocycles. The summed E-state index contributed by atoms with van der Waals surface area (Å²) in [4.78, 5) is 16.1. The second-order valence-corrected chi connectivity index (χ2v) is 5.47. The van der Waals surface area contributed by atoms with Gasteiger partial charge in [0.05, 0.1) is 18.8 Å². The molecule has 18 heavy (non-hydrogen) atoms. The van der Waals surface area contributed by atoms with Gasteiger partial charge < -0.3 is 15.0 Å². The predicted octanol–water partition coefficient (Wildman–Crippen LogP) is -0.0825. The summed E-state index contributed by atoms with van der Waals surface area (Å²) in [6.07, 6.45) is 2.95. The van der Waals surface area contributed by atoms with Crippen molar-refractivity contribution >= 4 is 5.91 Å². The van der Waals surface area contributed by atoms with Crippen molar-refractivity contribution in [1.82, 2.24) is 15.1 Å². The largest absolute Gasteiger partial charge is 0.374 e. The Hall–Kier alpha value is -0.650. The Morgan fingerprint density at radius 1 is 1.39 bits per heavy atom. The number of piperazine rings is 1. The summed E-state index contributed by atoms with van der Waals surface area (Å²) in [7, 11) is 2.01. The zero-order valence-electron chi connectivity index (χ0n) is 11.5. The topological polar surface area (TPSA) is 44.8 Å². The van der Waals surface area contributed by atoms with Crippen LogP contribution in [0.5, 0.6) is 0 Å². The first kappa shape index (κ1) is 13.8. The number of carbonyl (C=O) groups excluding carboxylic acids is 1. The molecule has 2 atom stereocenters. The second kappa shape index (κ2) is 6.50. The van der Waals surface area contributed by atoms with Crippen molar-refractivity contribution in [3.8, 4) is 0 Å². The fourth-order valence-electron chi connectivity index (χ4n) is 2.68. The quantitative estimate of drug-likeness (QED) is 0.763. The number of nitrogens with zero attached hydrogens (tertiary/aromatic N) is 2. The van der Waals surface area contributed by atoms with Crippen LogP contribution in [0.25, 0.3) is 0 Å². The van der Waals surface area contributed by atoms with E-state index in [2.05, 4.69) is 17.1 Å². The number of nitrogens with one attached hydrogen (secondary N) is 1. The molecule has 2 rings (SSSR count). The summed E-state index contributed by atoms with van der Waals surface area (Å²) in [6.45, 7) is 6.99. The number of hydrogen-bond acceptors (Lipinski definition) is 4. The molecule has 0 bridgehead atoms. The third kappa shape index (κ3) is 3.93. The van der Waals surface area contributed by atoms with Gasteiger partial charge in [-0.25, -0.2) is 0 Å². The minimum absolute atomic E-state index is 0.241. The zero-order chi connectivity index (χ0) is 13.0. The summed E-state index contributed by atoms with van der Waals surface area (Å²) >= 11 is 0. The van der Waals surface area contributed by atoms with Crippen LogP contribution in [-0.4, -0.2) is 74.2 Å². The fraction of sp³-hybridized carbons (Fsp3) is 0.923. The number of ether oxygens (including phenoxy) is 1. The molecule has 0 saturated carbocycles. The van der Waals surface area contributed by atoms with Crippen molar-refractivity contribution in [1.29, 1.82) is 0 Å². The summed E-state index contributed by atoms with van der Waals surface area (Å²) < 4.78 is 5.78. The Bertz CT molecular complexity index is 279. The lowest BCUT2D eigenvalue weighted by atomic mass is 10.2. The molecule has 5 nitrogen and oxygen atoms in total. The van der Waals surface area contributed by atoms with Crippen molar-refractivity contribution in [2.45, 2.75) is 32.0 Å². The van der Waals surface area contributed by atoms with Crippen LogP contribution in [0.4, 0.5) is 0 Å². The molecule has 2 unspecified atom stereocenters. The molecule has 2 aliphatic rings. The smallest absolute Gasteiger partial charge is 0.236 e. The predicted molar refractivity (Wildman–Crippen MR) is 70.5 cm³/mol. The van der Waals surface area contributed by atoms with E-state index < -0.39 is 0 Å². The molecule has 0 spiro atoms. The molecule has 5 heteroatoms. The second-order valence-electron chi connectivity index (χ2n) is 5.47. The minimum Gasteiger partial charge on any atom is -0.374 e. The van der Waals surface area contributed by atoms with Crippen molar-refractivity contribution in [3.63, 3.8) is 0 Å². The Morgan fingerprint density at radius 3 is 2.72 bits per heavy atom. The lowest BCUT2D eigenvalue weighted by Gasteiger charge is -2.29. The maximum Gasteiger partial charge on any atom is 0.236 e. The maximum absolute atomic E-state index is 12.1. The summed E-state index contributed by atoms with van der Waals surface area (Å²) in [6, 6.07) is 0. The molecule has 0 aromatic carbocycles. The normalized spacial score (nSPS) is 28.9. The molecular formula is C13H25N3O2. The van der Waals surface area contributed by atoms with Gasteiger partial charge in [0.2, 0.25) is 5.91 Å². The molecule has 1 amide bonds. The van der Waals surface area contributed by atoms with E-state index in [0.29, 0.717) is 18.8 Å². The summed E-state index contributed by atoms with van der Waals surface area (Å²) in [5, 5.41) is 3.26. The van der Waals surface area contributed by atoms with Crippen LogP contribution >= 0.6 is 0 Å². The van der Waals surface area contributed by atoms with Crippen molar-refractivity contribution in [3.05, 3.63) is 0 Å². The van der Waals surface area contributed by atoms with Gasteiger partial charge in [0.1, 0.15) is 0 Å². The standard InChI is InChI=1S/C13H25N3O2/c1-11-3-4-12(18-11)9-15(2)10-13(17)16-7-5-14-6-8-16/h11-12,14H,3-10H2,1-2H3. The molecule has 104 valence electrons. The Balaban J connectivity index is 1.69. The first-order valence-corrected chi connectivity index (χ1v) is 6.97. The van der Waals surface area contributed by atoms with Crippen LogP contribution in [0, 0.1) is 0 Å². The average Bonchev–Trinajstić information content (AvgIpc) is 2.75. The zero-order valence-corrected chi connectivity index (χ0v) is 11.5. The monoisotopic (exact) mass is 255 g/mol. The number of amides is 1. The van der Waals surface area contributed by atoms with E-state index in [4.69, 9.17) is 4.74 Å². The van der Waals surface area contributed by atoms with Gasteiger partial charge in [0.15, 0.2) is 0 Å². The molecule has 2 fully saturated rings. The van der Waals surface area contributed by atoms with Gasteiger partial charge in [-0.05, 0) is 26.8 Å². The van der Waals surface area contributed by atoms with E-state index in [-0.39, 0.29) is 5.91 Å². The van der Waals surface area contributed by atoms with Gasteiger partial charge in [0, 0.05) is 32.7 Å². The average molecular weight is 255 g/mol. The van der Waals surface area contributed by atoms with E-state index in [9.17, 15) is 4.79 Å². The Morgan fingerprint density at radius 2 is 2.11 bits per heavy atom. The van der Waals surface area contributed by atoms with Crippen molar-refractivity contribution < 1.29 is 9.53 Å². The van der Waals surface area contributed by atoms with E-state index in [1.165, 1.54) is 0 Å². The number of carbonyl (C=O) groups is 1. The van der Waals surface area contributed by atoms with Gasteiger partial charge in [-0.2, -0.15) is 0 Å². The van der Waals surface area contributed by atoms with Gasteiger partial charge in [-0.3, -0.25) is 9.69 Å². The minimum atomic E-state index is 0.241. The highest BCUT2D eigenvalue weighted by molar-refractivity contribution is 5.78. The SMILES string of the molecule is CC1CCC(CN(C)CC(=O)N2CCNCC2)O1. The number of likely N-dealkylation sites (N-methyl/N-ethyl adjacent to an activating group) is 1. The van der Waals surface area contributed by atoms with E-state index >= 15 is 0 Å². The van der Waals surface area contributed by atoms with Gasteiger partial charge >= 0.3 is 0 Å². The molecule has 0 aliphatic carbocycles. The lowest BCUT2D eigenvalue weighted by Crippen LogP contribution is -2.49. The van der Waals surface area contributed by atoms with Crippen molar-refractivity contribution in [2.24, 2.45) is 0 Å². The third-order valence-corrected chi connectivity index (χ3v) is 3.71. The molecule has 2 heterocycles. The highest BCUT2D eigenvalue weighted by Crippen LogP contribution is 2.19. The van der Waals surface area contributed by atoms with Crippen LogP contribution in [0.15, 0.2) is 0 Å². The highest BCUT2D eigenvalue weighted by Gasteiger charge is 2.24. The van der Waals surface area contributed by atoms with Crippen LogP contribution in [0.3, 0.4) is 0 Å². The van der Waals surface area contributed by atoms with Crippen LogP contribution in [-0.2, 0) is 9.53 Å². The van der Waals surface area contributed by atoms with Crippen LogP contribution in [0.2, 0.25) is 0 Å². The first-order chi connectivity index (χ1) is 8.65.